The zero-order valence-electron chi connectivity index (χ0n) is 15.6. The van der Waals surface area contributed by atoms with Crippen LogP contribution in [0.1, 0.15) is 36.1 Å². The van der Waals surface area contributed by atoms with E-state index in [1.54, 1.807) is 31.0 Å². The predicted octanol–water partition coefficient (Wildman–Crippen LogP) is 2.17. The molecule has 1 heterocycles. The van der Waals surface area contributed by atoms with E-state index >= 15 is 0 Å². The fourth-order valence-corrected chi connectivity index (χ4v) is 2.78. The molecule has 1 aromatic heterocycles. The summed E-state index contributed by atoms with van der Waals surface area (Å²) in [6, 6.07) is 6.03. The van der Waals surface area contributed by atoms with E-state index in [-0.39, 0.29) is 18.6 Å². The number of hydrogen-bond acceptors (Lipinski definition) is 3. The molecule has 6 heteroatoms. The van der Waals surface area contributed by atoms with E-state index in [1.807, 2.05) is 6.92 Å². The van der Waals surface area contributed by atoms with Crippen molar-refractivity contribution in [3.8, 4) is 0 Å². The van der Waals surface area contributed by atoms with Gasteiger partial charge in [-0.05, 0) is 45.2 Å². The number of aromatic nitrogens is 2. The number of hydrogen-bond donors (Lipinski definition) is 3. The van der Waals surface area contributed by atoms with E-state index in [4.69, 9.17) is 0 Å². The van der Waals surface area contributed by atoms with Crippen molar-refractivity contribution in [2.75, 3.05) is 6.54 Å². The molecular formula is C19H28N4O2. The molecule has 0 fully saturated rings. The lowest BCUT2D eigenvalue weighted by Crippen LogP contribution is -2.46. The maximum Gasteiger partial charge on any atom is 0.315 e. The minimum absolute atomic E-state index is 0.00949. The number of rotatable bonds is 6. The van der Waals surface area contributed by atoms with Gasteiger partial charge in [0, 0.05) is 24.8 Å². The number of nitrogens with one attached hydrogen (secondary N) is 2. The third-order valence-corrected chi connectivity index (χ3v) is 4.32. The Labute approximate surface area is 149 Å². The van der Waals surface area contributed by atoms with E-state index in [9.17, 15) is 9.90 Å². The number of aliphatic hydroxyl groups is 1. The predicted molar refractivity (Wildman–Crippen MR) is 98.4 cm³/mol. The van der Waals surface area contributed by atoms with Gasteiger partial charge >= 0.3 is 6.03 Å². The summed E-state index contributed by atoms with van der Waals surface area (Å²) in [6.07, 6.45) is 4.10. The van der Waals surface area contributed by atoms with E-state index in [1.165, 1.54) is 16.7 Å². The van der Waals surface area contributed by atoms with Crippen LogP contribution in [-0.2, 0) is 19.1 Å². The molecule has 0 aliphatic carbocycles. The highest BCUT2D eigenvalue weighted by Gasteiger charge is 2.25. The van der Waals surface area contributed by atoms with Crippen molar-refractivity contribution >= 4 is 6.03 Å². The van der Waals surface area contributed by atoms with Gasteiger partial charge in [-0.1, -0.05) is 23.8 Å². The zero-order chi connectivity index (χ0) is 18.6. The van der Waals surface area contributed by atoms with Crippen molar-refractivity contribution in [1.29, 1.82) is 0 Å². The van der Waals surface area contributed by atoms with Gasteiger partial charge in [-0.2, -0.15) is 5.10 Å². The molecule has 0 saturated heterocycles. The number of carbonyl (C=O) groups is 1. The van der Waals surface area contributed by atoms with Crippen LogP contribution in [0.4, 0.5) is 4.79 Å². The smallest absolute Gasteiger partial charge is 0.315 e. The minimum atomic E-state index is -1.16. The molecule has 2 rings (SSSR count). The molecule has 3 N–H and O–H groups in total. The lowest BCUT2D eigenvalue weighted by Gasteiger charge is -2.23. The quantitative estimate of drug-likeness (QED) is 0.751. The molecule has 0 radical (unpaired) electrons. The molecule has 2 aromatic rings. The van der Waals surface area contributed by atoms with Gasteiger partial charge in [-0.15, -0.1) is 0 Å². The highest BCUT2D eigenvalue weighted by atomic mass is 16.3. The lowest BCUT2D eigenvalue weighted by atomic mass is 9.99. The molecule has 2 amide bonds. The second-order valence-electron chi connectivity index (χ2n) is 7.04. The summed E-state index contributed by atoms with van der Waals surface area (Å²) in [5.74, 6) is 0. The first-order chi connectivity index (χ1) is 11.7. The number of nitrogens with zero attached hydrogens (tertiary/aromatic N) is 2. The Kier molecular flexibility index (Phi) is 5.85. The van der Waals surface area contributed by atoms with Crippen LogP contribution in [0.2, 0.25) is 0 Å². The van der Waals surface area contributed by atoms with E-state index in [0.29, 0.717) is 5.56 Å². The number of carbonyl (C=O) groups excluding carboxylic acids is 1. The van der Waals surface area contributed by atoms with Gasteiger partial charge in [0.05, 0.1) is 12.7 Å². The normalized spacial score (nSPS) is 14.6. The second-order valence-corrected chi connectivity index (χ2v) is 7.04. The first-order valence-electron chi connectivity index (χ1n) is 8.49. The first-order valence-corrected chi connectivity index (χ1v) is 8.49. The largest absolute Gasteiger partial charge is 0.383 e. The molecule has 0 aliphatic heterocycles. The molecule has 0 spiro atoms. The van der Waals surface area contributed by atoms with Crippen molar-refractivity contribution < 1.29 is 9.90 Å². The summed E-state index contributed by atoms with van der Waals surface area (Å²) in [5, 5.41) is 20.2. The molecule has 0 bridgehead atoms. The Balaban J connectivity index is 1.85. The van der Waals surface area contributed by atoms with Crippen molar-refractivity contribution in [2.45, 2.75) is 45.8 Å². The summed E-state index contributed by atoms with van der Waals surface area (Å²) in [5.41, 5.74) is 3.19. The van der Waals surface area contributed by atoms with Crippen molar-refractivity contribution in [2.24, 2.45) is 7.05 Å². The summed E-state index contributed by atoms with van der Waals surface area (Å²) < 4.78 is 1.62. The molecule has 0 aliphatic rings. The lowest BCUT2D eigenvalue weighted by molar-refractivity contribution is 0.0592. The zero-order valence-corrected chi connectivity index (χ0v) is 15.6. The molecule has 25 heavy (non-hydrogen) atoms. The Morgan fingerprint density at radius 2 is 2.12 bits per heavy atom. The van der Waals surface area contributed by atoms with Gasteiger partial charge in [0.15, 0.2) is 0 Å². The maximum absolute atomic E-state index is 12.1. The first kappa shape index (κ1) is 19.0. The highest BCUT2D eigenvalue weighted by Crippen LogP contribution is 2.18. The minimum Gasteiger partial charge on any atom is -0.383 e. The summed E-state index contributed by atoms with van der Waals surface area (Å²) in [4.78, 5) is 12.1. The van der Waals surface area contributed by atoms with Gasteiger partial charge in [0.2, 0.25) is 0 Å². The van der Waals surface area contributed by atoms with Crippen LogP contribution in [0.25, 0.3) is 0 Å². The van der Waals surface area contributed by atoms with Gasteiger partial charge in [0.1, 0.15) is 5.60 Å². The standard InChI is InChI=1S/C19H28N4O2/c1-13-6-7-16(14(2)8-13)9-15(3)22-18(24)20-12-19(4,25)17-10-21-23(5)11-17/h6-8,10-11,15,25H,9,12H2,1-5H3,(H2,20,22,24)/t15-,19-/m0/s1. The molecule has 136 valence electrons. The van der Waals surface area contributed by atoms with Crippen molar-refractivity contribution in [3.63, 3.8) is 0 Å². The Morgan fingerprint density at radius 3 is 2.72 bits per heavy atom. The summed E-state index contributed by atoms with van der Waals surface area (Å²) in [6.45, 7) is 7.89. The van der Waals surface area contributed by atoms with Crippen molar-refractivity contribution in [3.05, 3.63) is 52.8 Å². The molecule has 0 unspecified atom stereocenters. The van der Waals surface area contributed by atoms with Gasteiger partial charge in [-0.25, -0.2) is 4.79 Å². The van der Waals surface area contributed by atoms with Gasteiger partial charge in [0.25, 0.3) is 0 Å². The van der Waals surface area contributed by atoms with Crippen LogP contribution in [0.15, 0.2) is 30.6 Å². The molecular weight excluding hydrogens is 316 g/mol. The van der Waals surface area contributed by atoms with Crippen LogP contribution in [-0.4, -0.2) is 33.5 Å². The van der Waals surface area contributed by atoms with Gasteiger partial charge in [-0.3, -0.25) is 4.68 Å². The van der Waals surface area contributed by atoms with E-state index in [0.717, 1.165) is 6.42 Å². The Hall–Kier alpha value is -2.34. The van der Waals surface area contributed by atoms with E-state index < -0.39 is 5.60 Å². The molecule has 1 aromatic carbocycles. The third-order valence-electron chi connectivity index (χ3n) is 4.32. The van der Waals surface area contributed by atoms with Crippen LogP contribution in [0.5, 0.6) is 0 Å². The fourth-order valence-electron chi connectivity index (χ4n) is 2.78. The average Bonchev–Trinajstić information content (AvgIpc) is 2.96. The second kappa shape index (κ2) is 7.70. The maximum atomic E-state index is 12.1. The Morgan fingerprint density at radius 1 is 1.40 bits per heavy atom. The van der Waals surface area contributed by atoms with Crippen molar-refractivity contribution in [1.82, 2.24) is 20.4 Å². The Bertz CT molecular complexity index is 737. The van der Waals surface area contributed by atoms with Crippen LogP contribution in [0.3, 0.4) is 0 Å². The van der Waals surface area contributed by atoms with Crippen LogP contribution in [0, 0.1) is 13.8 Å². The van der Waals surface area contributed by atoms with Crippen LogP contribution >= 0.6 is 0 Å². The number of benzene rings is 1. The number of urea groups is 1. The number of amides is 2. The monoisotopic (exact) mass is 344 g/mol. The summed E-state index contributed by atoms with van der Waals surface area (Å²) in [7, 11) is 1.79. The van der Waals surface area contributed by atoms with Gasteiger partial charge < -0.3 is 15.7 Å². The molecule has 0 saturated carbocycles. The molecule has 2 atom stereocenters. The average molecular weight is 344 g/mol. The SMILES string of the molecule is Cc1ccc(C[C@H](C)NC(=O)NC[C@](C)(O)c2cnn(C)c2)c(C)c1. The number of aryl methyl sites for hydroxylation is 3. The van der Waals surface area contributed by atoms with E-state index in [2.05, 4.69) is 47.8 Å². The topological polar surface area (TPSA) is 79.2 Å². The summed E-state index contributed by atoms with van der Waals surface area (Å²) >= 11 is 0. The van der Waals surface area contributed by atoms with Crippen LogP contribution < -0.4 is 10.6 Å². The fraction of sp³-hybridized carbons (Fsp3) is 0.474. The third kappa shape index (κ3) is 5.32. The highest BCUT2D eigenvalue weighted by molar-refractivity contribution is 5.74. The molecule has 6 nitrogen and oxygen atoms in total.